The van der Waals surface area contributed by atoms with E-state index in [0.29, 0.717) is 58.9 Å². The van der Waals surface area contributed by atoms with Crippen LogP contribution in [0.5, 0.6) is 0 Å². The highest BCUT2D eigenvalue weighted by molar-refractivity contribution is 7.09. The van der Waals surface area contributed by atoms with Crippen molar-refractivity contribution in [3.63, 3.8) is 0 Å². The number of rotatable bonds is 7. The molecule has 3 aromatic rings. The molecule has 0 saturated carbocycles. The normalized spacial score (nSPS) is 21.3. The zero-order valence-corrected chi connectivity index (χ0v) is 32.8. The molecule has 0 spiro atoms. The zero-order chi connectivity index (χ0) is 39.7. The van der Waals surface area contributed by atoms with Crippen LogP contribution in [0.1, 0.15) is 56.3 Å². The summed E-state index contributed by atoms with van der Waals surface area (Å²) in [6.07, 6.45) is -0.476. The lowest BCUT2D eigenvalue weighted by atomic mass is 9.85. The average Bonchev–Trinajstić information content (AvgIpc) is 3.71. The summed E-state index contributed by atoms with van der Waals surface area (Å²) in [6, 6.07) is 1.95. The van der Waals surface area contributed by atoms with E-state index < -0.39 is 42.1 Å². The second-order valence-corrected chi connectivity index (χ2v) is 16.3. The third-order valence-electron chi connectivity index (χ3n) is 10.4. The number of cyclic esters (lactones) is 1. The van der Waals surface area contributed by atoms with Crippen molar-refractivity contribution in [3.05, 3.63) is 57.6 Å². The number of aliphatic imine (C=N–C) groups is 1. The van der Waals surface area contributed by atoms with Gasteiger partial charge in [0.15, 0.2) is 0 Å². The number of nitrogens with one attached hydrogen (secondary N) is 1. The Bertz CT molecular complexity index is 1980. The molecule has 1 N–H and O–H groups in total. The van der Waals surface area contributed by atoms with E-state index in [1.165, 1.54) is 23.5 Å². The number of esters is 1. The molecule has 2 atom stereocenters. The van der Waals surface area contributed by atoms with Crippen LogP contribution in [0.4, 0.5) is 17.6 Å². The number of hydrazine groups is 1. The molecule has 55 heavy (non-hydrogen) atoms. The quantitative estimate of drug-likeness (QED) is 0.171. The van der Waals surface area contributed by atoms with Gasteiger partial charge in [0.05, 0.1) is 34.6 Å². The van der Waals surface area contributed by atoms with Crippen LogP contribution in [0.25, 0.3) is 28.2 Å². The molecule has 3 aliphatic heterocycles. The van der Waals surface area contributed by atoms with Gasteiger partial charge in [0.2, 0.25) is 5.91 Å². The van der Waals surface area contributed by atoms with Crippen molar-refractivity contribution in [2.45, 2.75) is 77.7 Å². The minimum absolute atomic E-state index is 0.0461. The average molecular weight is 788 g/mol. The van der Waals surface area contributed by atoms with E-state index in [4.69, 9.17) is 14.5 Å². The fraction of sp³-hybridized carbons (Fsp3) is 0.538. The first-order chi connectivity index (χ1) is 26.0. The number of piperazine rings is 1. The van der Waals surface area contributed by atoms with Crippen molar-refractivity contribution in [1.82, 2.24) is 29.8 Å². The van der Waals surface area contributed by atoms with Crippen LogP contribution in [0.15, 0.2) is 40.5 Å². The summed E-state index contributed by atoms with van der Waals surface area (Å²) < 4.78 is 72.2. The Morgan fingerprint density at radius 3 is 2.65 bits per heavy atom. The molecule has 5 heterocycles. The van der Waals surface area contributed by atoms with Crippen LogP contribution in [0.3, 0.4) is 0 Å². The van der Waals surface area contributed by atoms with Gasteiger partial charge in [-0.25, -0.2) is 14.8 Å². The number of ether oxygens (including phenoxy) is 2. The Balaban J connectivity index is 1.52. The minimum Gasteiger partial charge on any atom is -0.464 e. The fourth-order valence-electron chi connectivity index (χ4n) is 7.13. The van der Waals surface area contributed by atoms with Gasteiger partial charge in [-0.2, -0.15) is 13.2 Å². The number of hydrogen-bond donors (Lipinski definition) is 1. The first kappa shape index (κ1) is 40.5. The summed E-state index contributed by atoms with van der Waals surface area (Å²) in [6.45, 7) is 11.9. The van der Waals surface area contributed by atoms with Gasteiger partial charge in [-0.15, -0.1) is 11.3 Å². The molecule has 1 aromatic carbocycles. The number of hydrogen-bond acceptors (Lipinski definition) is 10. The van der Waals surface area contributed by atoms with E-state index in [-0.39, 0.29) is 42.1 Å². The predicted molar refractivity (Wildman–Crippen MR) is 205 cm³/mol. The van der Waals surface area contributed by atoms with Crippen LogP contribution < -0.4 is 5.43 Å². The van der Waals surface area contributed by atoms with Crippen LogP contribution in [-0.4, -0.2) is 114 Å². The number of nitrogens with zero attached hydrogens (tertiary/aromatic N) is 6. The number of methoxy groups -OCH3 is 1. The van der Waals surface area contributed by atoms with E-state index in [1.54, 1.807) is 30.7 Å². The lowest BCUT2D eigenvalue weighted by molar-refractivity contribution is -0.154. The number of alkyl halides is 3. The number of likely N-dealkylation sites (N-methyl/N-ethyl adjacent to an activating group) is 1. The molecule has 11 nitrogen and oxygen atoms in total. The highest BCUT2D eigenvalue weighted by Gasteiger charge is 2.35. The molecular formula is C39H49F4N7O4S. The Labute approximate surface area is 322 Å². The molecule has 0 aliphatic carbocycles. The van der Waals surface area contributed by atoms with E-state index >= 15 is 4.39 Å². The number of aromatic nitrogens is 2. The zero-order valence-electron chi connectivity index (χ0n) is 32.0. The number of amides is 1. The number of carbonyl (C=O) groups is 2. The third kappa shape index (κ3) is 9.65. The van der Waals surface area contributed by atoms with Crippen molar-refractivity contribution in [3.8, 4) is 11.3 Å². The molecule has 16 heteroatoms. The molecular weight excluding hydrogens is 739 g/mol. The van der Waals surface area contributed by atoms with Crippen molar-refractivity contribution < 1.29 is 36.6 Å². The minimum atomic E-state index is -4.66. The molecule has 298 valence electrons. The second kappa shape index (κ2) is 16.5. The second-order valence-electron chi connectivity index (χ2n) is 15.3. The van der Waals surface area contributed by atoms with Crippen LogP contribution in [-0.2, 0) is 38.4 Å². The highest BCUT2D eigenvalue weighted by Crippen LogP contribution is 2.39. The first-order valence-corrected chi connectivity index (χ1v) is 19.4. The van der Waals surface area contributed by atoms with Gasteiger partial charge in [-0.3, -0.25) is 19.6 Å². The number of fused-ring (bicyclic) bond motifs is 6. The Morgan fingerprint density at radius 1 is 1.20 bits per heavy atom. The summed E-state index contributed by atoms with van der Waals surface area (Å²) in [7, 11) is 3.54. The molecule has 0 radical (unpaired) electrons. The molecule has 2 aromatic heterocycles. The lowest BCUT2D eigenvalue weighted by Gasteiger charge is -2.34. The third-order valence-corrected chi connectivity index (χ3v) is 11.3. The summed E-state index contributed by atoms with van der Waals surface area (Å²) in [5.74, 6) is -1.46. The van der Waals surface area contributed by atoms with E-state index in [9.17, 15) is 22.8 Å². The smallest absolute Gasteiger partial charge is 0.406 e. The highest BCUT2D eigenvalue weighted by atomic mass is 32.1. The standard InChI is InChI=1S/C39H49F4N7O4S/c1-24(48-14-12-47(5)13-15-48)20-44-31(25(2)53-6)18-34-28-19-38(3,4)23-54-37(52)30-8-7-11-50(46-30)36(51)10-9-35-45-32(21-55-35)27-16-26(28)33(17-29(27)40)49(34)22-39(41,42)43/h16-18,20-21,25,30,46H,1,7-15,19,22-23H2,2-6H3/b31-18+,44-20?. The van der Waals surface area contributed by atoms with Crippen molar-refractivity contribution >= 4 is 46.4 Å². The molecule has 1 amide bonds. The van der Waals surface area contributed by atoms with Gasteiger partial charge >= 0.3 is 12.1 Å². The fourth-order valence-corrected chi connectivity index (χ4v) is 7.93. The maximum Gasteiger partial charge on any atom is 0.406 e. The predicted octanol–water partition coefficient (Wildman–Crippen LogP) is 6.23. The largest absolute Gasteiger partial charge is 0.464 e. The summed E-state index contributed by atoms with van der Waals surface area (Å²) in [5, 5.41) is 4.14. The topological polar surface area (TPSA) is 105 Å². The summed E-state index contributed by atoms with van der Waals surface area (Å²) >= 11 is 1.28. The number of thiazole rings is 1. The molecule has 2 fully saturated rings. The van der Waals surface area contributed by atoms with Gasteiger partial charge in [0.1, 0.15) is 18.4 Å². The Hall–Kier alpha value is -4.12. The van der Waals surface area contributed by atoms with Gasteiger partial charge in [-0.1, -0.05) is 20.4 Å². The lowest BCUT2D eigenvalue weighted by Crippen LogP contribution is -2.55. The summed E-state index contributed by atoms with van der Waals surface area (Å²) in [5.41, 5.74) is 4.39. The molecule has 6 rings (SSSR count). The maximum atomic E-state index is 16.2. The van der Waals surface area contributed by atoms with Crippen LogP contribution >= 0.6 is 11.3 Å². The Kier molecular flexibility index (Phi) is 12.2. The van der Waals surface area contributed by atoms with Crippen molar-refractivity contribution in [1.29, 1.82) is 0 Å². The molecule has 6 bridgehead atoms. The molecule has 2 saturated heterocycles. The van der Waals surface area contributed by atoms with Crippen molar-refractivity contribution in [2.24, 2.45) is 10.4 Å². The van der Waals surface area contributed by atoms with Crippen molar-refractivity contribution in [2.75, 3.05) is 53.5 Å². The van der Waals surface area contributed by atoms with Gasteiger partial charge < -0.3 is 23.8 Å². The van der Waals surface area contributed by atoms with Gasteiger partial charge in [-0.05, 0) is 57.0 Å². The molecule has 2 unspecified atom stereocenters. The number of allylic oxidation sites excluding steroid dienone is 1. The number of carbonyl (C=O) groups excluding carboxylic acids is 2. The van der Waals surface area contributed by atoms with E-state index in [1.807, 2.05) is 20.9 Å². The monoisotopic (exact) mass is 787 g/mol. The van der Waals surface area contributed by atoms with Crippen LogP contribution in [0.2, 0.25) is 0 Å². The first-order valence-electron chi connectivity index (χ1n) is 18.5. The van der Waals surface area contributed by atoms with Gasteiger partial charge in [0, 0.05) is 92.0 Å². The summed E-state index contributed by atoms with van der Waals surface area (Å²) in [4.78, 5) is 40.1. The molecule has 3 aliphatic rings. The van der Waals surface area contributed by atoms with E-state index in [0.717, 1.165) is 36.8 Å². The van der Waals surface area contributed by atoms with Gasteiger partial charge in [0.25, 0.3) is 0 Å². The van der Waals surface area contributed by atoms with E-state index in [2.05, 4.69) is 26.8 Å². The Morgan fingerprint density at radius 2 is 1.95 bits per heavy atom. The maximum absolute atomic E-state index is 16.2. The SMILES string of the molecule is C=C(C=N/C(=C/c1c2c3cc(c(F)cc3n1CC(F)(F)F)-c1csc(n1)CCC(=O)N1CCCC(N1)C(=O)OCC(C)(C)C2)C(C)OC)N1CCN(C)CC1. The number of aryl methyl sites for hydroxylation is 1. The van der Waals surface area contributed by atoms with Crippen LogP contribution in [0, 0.1) is 11.2 Å². The number of benzene rings is 1. The number of halogens is 4.